The summed E-state index contributed by atoms with van der Waals surface area (Å²) in [5, 5.41) is 19.4. The van der Waals surface area contributed by atoms with Crippen molar-refractivity contribution in [3.63, 3.8) is 0 Å². The molecule has 0 bridgehead atoms. The molecule has 7 heteroatoms. The molecule has 0 spiro atoms. The van der Waals surface area contributed by atoms with E-state index in [1.54, 1.807) is 26.0 Å². The molecule has 0 amide bonds. The van der Waals surface area contributed by atoms with Crippen LogP contribution >= 0.6 is 11.8 Å². The first-order chi connectivity index (χ1) is 15.2. The van der Waals surface area contributed by atoms with Gasteiger partial charge in [0.2, 0.25) is 0 Å². The van der Waals surface area contributed by atoms with E-state index in [2.05, 4.69) is 20.8 Å². The lowest BCUT2D eigenvalue weighted by Crippen LogP contribution is -2.15. The predicted octanol–water partition coefficient (Wildman–Crippen LogP) is 5.63. The third-order valence-corrected chi connectivity index (χ3v) is 6.73. The Bertz CT molecular complexity index is 1080. The van der Waals surface area contributed by atoms with Crippen molar-refractivity contribution in [1.82, 2.24) is 14.8 Å². The van der Waals surface area contributed by atoms with Crippen LogP contribution in [0.3, 0.4) is 0 Å². The second kappa shape index (κ2) is 9.88. The Kier molecular flexibility index (Phi) is 6.78. The van der Waals surface area contributed by atoms with Crippen molar-refractivity contribution in [1.29, 1.82) is 5.26 Å². The number of aromatic nitrogens is 3. The van der Waals surface area contributed by atoms with Gasteiger partial charge in [0.05, 0.1) is 25.9 Å². The summed E-state index contributed by atoms with van der Waals surface area (Å²) in [7, 11) is 3.28. The fourth-order valence-electron chi connectivity index (χ4n) is 4.11. The van der Waals surface area contributed by atoms with Crippen LogP contribution < -0.4 is 9.47 Å². The summed E-state index contributed by atoms with van der Waals surface area (Å²) >= 11 is 1.64. The summed E-state index contributed by atoms with van der Waals surface area (Å²) in [4.78, 5) is 0. The van der Waals surface area contributed by atoms with E-state index >= 15 is 0 Å². The lowest BCUT2D eigenvalue weighted by molar-refractivity contribution is 0.339. The van der Waals surface area contributed by atoms with E-state index in [-0.39, 0.29) is 0 Å². The molecule has 6 nitrogen and oxygen atoms in total. The average molecular weight is 435 g/mol. The third-order valence-electron chi connectivity index (χ3n) is 5.74. The molecule has 160 valence electrons. The summed E-state index contributed by atoms with van der Waals surface area (Å²) in [6.45, 7) is 0. The Morgan fingerprint density at radius 1 is 1.03 bits per heavy atom. The average Bonchev–Trinajstić information content (AvgIpc) is 3.26. The van der Waals surface area contributed by atoms with Crippen molar-refractivity contribution in [2.75, 3.05) is 14.2 Å². The highest BCUT2D eigenvalue weighted by Gasteiger charge is 2.24. The summed E-state index contributed by atoms with van der Waals surface area (Å²) in [6.07, 6.45) is 5.97. The van der Waals surface area contributed by atoms with E-state index in [0.29, 0.717) is 28.9 Å². The lowest BCUT2D eigenvalue weighted by atomic mass is 9.95. The highest BCUT2D eigenvalue weighted by Crippen LogP contribution is 2.38. The van der Waals surface area contributed by atoms with Gasteiger partial charge >= 0.3 is 0 Å². The van der Waals surface area contributed by atoms with Gasteiger partial charge < -0.3 is 9.47 Å². The molecule has 0 atom stereocenters. The number of methoxy groups -OCH3 is 2. The molecular formula is C24H26N4O2S. The zero-order chi connectivity index (χ0) is 21.6. The van der Waals surface area contributed by atoms with E-state index in [9.17, 15) is 5.26 Å². The minimum atomic E-state index is 0.376. The number of benzene rings is 2. The fourth-order valence-corrected chi connectivity index (χ4v) is 5.12. The van der Waals surface area contributed by atoms with Gasteiger partial charge in [-0.15, -0.1) is 10.2 Å². The molecule has 0 radical (unpaired) electrons. The number of nitriles is 1. The maximum absolute atomic E-state index is 9.40. The van der Waals surface area contributed by atoms with E-state index in [1.807, 2.05) is 42.5 Å². The topological polar surface area (TPSA) is 73.0 Å². The Labute approximate surface area is 187 Å². The van der Waals surface area contributed by atoms with Crippen molar-refractivity contribution in [3.05, 3.63) is 53.6 Å². The summed E-state index contributed by atoms with van der Waals surface area (Å²) in [5.74, 6) is 2.90. The first kappa shape index (κ1) is 21.3. The van der Waals surface area contributed by atoms with Gasteiger partial charge in [-0.1, -0.05) is 49.2 Å². The molecule has 3 aromatic rings. The maximum atomic E-state index is 9.40. The number of ether oxygens (including phenoxy) is 2. The van der Waals surface area contributed by atoms with Crippen molar-refractivity contribution in [3.8, 4) is 29.0 Å². The third kappa shape index (κ3) is 4.54. The van der Waals surface area contributed by atoms with E-state index in [0.717, 1.165) is 34.9 Å². The quantitative estimate of drug-likeness (QED) is 0.449. The van der Waals surface area contributed by atoms with Crippen LogP contribution in [0.4, 0.5) is 0 Å². The number of hydrogen-bond acceptors (Lipinski definition) is 6. The Morgan fingerprint density at radius 3 is 2.55 bits per heavy atom. The van der Waals surface area contributed by atoms with Crippen LogP contribution in [0.1, 0.15) is 49.3 Å². The molecule has 0 saturated heterocycles. The number of nitrogens with zero attached hydrogens (tertiary/aromatic N) is 4. The van der Waals surface area contributed by atoms with E-state index < -0.39 is 0 Å². The zero-order valence-corrected chi connectivity index (χ0v) is 18.7. The molecule has 1 aliphatic rings. The van der Waals surface area contributed by atoms with Gasteiger partial charge in [0, 0.05) is 17.4 Å². The SMILES string of the molecule is COc1ccc(-c2nnc(SCc3ccccc3C#N)n2C2CCCCC2)cc1OC. The first-order valence-electron chi connectivity index (χ1n) is 10.5. The van der Waals surface area contributed by atoms with Crippen LogP contribution in [0.25, 0.3) is 11.4 Å². The second-order valence-electron chi connectivity index (χ2n) is 7.60. The normalized spacial score (nSPS) is 14.2. The zero-order valence-electron chi connectivity index (χ0n) is 17.9. The van der Waals surface area contributed by atoms with Gasteiger partial charge in [0.1, 0.15) is 0 Å². The number of thioether (sulfide) groups is 1. The van der Waals surface area contributed by atoms with E-state index in [1.165, 1.54) is 19.3 Å². The van der Waals surface area contributed by atoms with Crippen LogP contribution in [-0.2, 0) is 5.75 Å². The molecule has 1 aliphatic carbocycles. The minimum absolute atomic E-state index is 0.376. The van der Waals surface area contributed by atoms with Crippen molar-refractivity contribution in [2.24, 2.45) is 0 Å². The molecule has 1 saturated carbocycles. The Hall–Kier alpha value is -2.98. The molecular weight excluding hydrogens is 408 g/mol. The Morgan fingerprint density at radius 2 is 1.81 bits per heavy atom. The first-order valence-corrected chi connectivity index (χ1v) is 11.5. The second-order valence-corrected chi connectivity index (χ2v) is 8.54. The van der Waals surface area contributed by atoms with Crippen molar-refractivity contribution < 1.29 is 9.47 Å². The number of rotatable bonds is 7. The van der Waals surface area contributed by atoms with Gasteiger partial charge in [0.25, 0.3) is 0 Å². The van der Waals surface area contributed by atoms with Crippen molar-refractivity contribution >= 4 is 11.8 Å². The monoisotopic (exact) mass is 434 g/mol. The number of hydrogen-bond donors (Lipinski definition) is 0. The molecule has 0 N–H and O–H groups in total. The van der Waals surface area contributed by atoms with Crippen LogP contribution in [0.15, 0.2) is 47.6 Å². The standard InChI is InChI=1S/C24H26N4O2S/c1-29-21-13-12-17(14-22(21)30-2)23-26-27-24(28(23)20-10-4-3-5-11-20)31-16-19-9-7-6-8-18(19)15-25/h6-9,12-14,20H,3-5,10-11,16H2,1-2H3. The maximum Gasteiger partial charge on any atom is 0.192 e. The molecule has 0 unspecified atom stereocenters. The van der Waals surface area contributed by atoms with Gasteiger partial charge in [-0.05, 0) is 42.7 Å². The largest absolute Gasteiger partial charge is 0.493 e. The van der Waals surface area contributed by atoms with E-state index in [4.69, 9.17) is 9.47 Å². The lowest BCUT2D eigenvalue weighted by Gasteiger charge is -2.25. The molecule has 1 heterocycles. The van der Waals surface area contributed by atoms with Gasteiger partial charge in [-0.25, -0.2) is 0 Å². The molecule has 2 aromatic carbocycles. The van der Waals surface area contributed by atoms with Crippen LogP contribution in [-0.4, -0.2) is 29.0 Å². The summed E-state index contributed by atoms with van der Waals surface area (Å²) in [6, 6.07) is 16.3. The highest BCUT2D eigenvalue weighted by molar-refractivity contribution is 7.98. The van der Waals surface area contributed by atoms with Gasteiger partial charge in [-0.3, -0.25) is 4.57 Å². The van der Waals surface area contributed by atoms with Gasteiger partial charge in [0.15, 0.2) is 22.5 Å². The van der Waals surface area contributed by atoms with Crippen molar-refractivity contribution in [2.45, 2.75) is 49.1 Å². The highest BCUT2D eigenvalue weighted by atomic mass is 32.2. The summed E-state index contributed by atoms with van der Waals surface area (Å²) < 4.78 is 13.2. The van der Waals surface area contributed by atoms with Crippen LogP contribution in [0, 0.1) is 11.3 Å². The fraction of sp³-hybridized carbons (Fsp3) is 0.375. The molecule has 0 aliphatic heterocycles. The van der Waals surface area contributed by atoms with Crippen LogP contribution in [0.2, 0.25) is 0 Å². The molecule has 1 aromatic heterocycles. The molecule has 31 heavy (non-hydrogen) atoms. The smallest absolute Gasteiger partial charge is 0.192 e. The summed E-state index contributed by atoms with van der Waals surface area (Å²) in [5.41, 5.74) is 2.68. The molecule has 1 fully saturated rings. The van der Waals surface area contributed by atoms with Crippen LogP contribution in [0.5, 0.6) is 11.5 Å². The minimum Gasteiger partial charge on any atom is -0.493 e. The predicted molar refractivity (Wildman–Crippen MR) is 121 cm³/mol. The molecule has 4 rings (SSSR count). The Balaban J connectivity index is 1.70. The van der Waals surface area contributed by atoms with Gasteiger partial charge in [-0.2, -0.15) is 5.26 Å².